The van der Waals surface area contributed by atoms with Crippen LogP contribution in [0, 0.1) is 12.8 Å². The zero-order chi connectivity index (χ0) is 13.7. The summed E-state index contributed by atoms with van der Waals surface area (Å²) < 4.78 is 0. The molecule has 0 aromatic heterocycles. The molecule has 0 aliphatic carbocycles. The molecule has 0 spiro atoms. The minimum absolute atomic E-state index is 0.602. The van der Waals surface area contributed by atoms with E-state index in [4.69, 9.17) is 0 Å². The zero-order valence-corrected chi connectivity index (χ0v) is 12.7. The molecule has 0 radical (unpaired) electrons. The van der Waals surface area contributed by atoms with Gasteiger partial charge in [-0.3, -0.25) is 4.90 Å². The molecule has 2 heteroatoms. The lowest BCUT2D eigenvalue weighted by atomic mass is 9.95. The maximum atomic E-state index is 3.45. The summed E-state index contributed by atoms with van der Waals surface area (Å²) in [5, 5.41) is 3.45. The number of nitrogens with zero attached hydrogens (tertiary/aromatic N) is 1. The van der Waals surface area contributed by atoms with E-state index in [0.717, 1.165) is 19.0 Å². The second-order valence-electron chi connectivity index (χ2n) is 6.18. The van der Waals surface area contributed by atoms with E-state index in [0.29, 0.717) is 6.04 Å². The van der Waals surface area contributed by atoms with Crippen LogP contribution in [-0.2, 0) is 0 Å². The van der Waals surface area contributed by atoms with E-state index in [2.05, 4.69) is 55.3 Å². The minimum Gasteiger partial charge on any atom is -0.314 e. The summed E-state index contributed by atoms with van der Waals surface area (Å²) in [6.07, 6.45) is 2.59. The Bertz CT molecular complexity index is 363. The molecule has 1 aromatic carbocycles. The fraction of sp³-hybridized carbons (Fsp3) is 0.647. The summed E-state index contributed by atoms with van der Waals surface area (Å²) in [6.45, 7) is 11.4. The van der Waals surface area contributed by atoms with Crippen LogP contribution in [0.5, 0.6) is 0 Å². The highest BCUT2D eigenvalue weighted by Gasteiger charge is 2.21. The molecule has 1 heterocycles. The van der Waals surface area contributed by atoms with Crippen molar-refractivity contribution in [3.05, 3.63) is 35.4 Å². The van der Waals surface area contributed by atoms with Gasteiger partial charge in [0, 0.05) is 32.2 Å². The number of benzene rings is 1. The van der Waals surface area contributed by atoms with E-state index >= 15 is 0 Å². The van der Waals surface area contributed by atoms with Gasteiger partial charge in [0.05, 0.1) is 0 Å². The molecule has 1 aliphatic rings. The van der Waals surface area contributed by atoms with Crippen LogP contribution in [0.2, 0.25) is 0 Å². The number of nitrogens with one attached hydrogen (secondary N) is 1. The average molecular weight is 260 g/mol. The smallest absolute Gasteiger partial charge is 0.0349 e. The fourth-order valence-electron chi connectivity index (χ4n) is 2.83. The van der Waals surface area contributed by atoms with Gasteiger partial charge in [-0.2, -0.15) is 0 Å². The molecule has 106 valence electrons. The molecule has 0 amide bonds. The summed E-state index contributed by atoms with van der Waals surface area (Å²) >= 11 is 0. The molecule has 2 rings (SSSR count). The molecular formula is C17H28N2. The summed E-state index contributed by atoms with van der Waals surface area (Å²) in [5.74, 6) is 0.788. The van der Waals surface area contributed by atoms with Crippen LogP contribution in [0.4, 0.5) is 0 Å². The van der Waals surface area contributed by atoms with Crippen molar-refractivity contribution in [1.29, 1.82) is 0 Å². The molecule has 1 saturated heterocycles. The number of hydrogen-bond donors (Lipinski definition) is 1. The summed E-state index contributed by atoms with van der Waals surface area (Å²) in [7, 11) is 0. The Morgan fingerprint density at radius 1 is 1.05 bits per heavy atom. The predicted octanol–water partition coefficient (Wildman–Crippen LogP) is 3.38. The van der Waals surface area contributed by atoms with E-state index in [1.807, 2.05) is 0 Å². The van der Waals surface area contributed by atoms with Gasteiger partial charge in [-0.25, -0.2) is 0 Å². The molecule has 1 atom stereocenters. The van der Waals surface area contributed by atoms with Crippen LogP contribution >= 0.6 is 0 Å². The van der Waals surface area contributed by atoms with E-state index < -0.39 is 0 Å². The molecule has 1 aromatic rings. The molecule has 0 bridgehead atoms. The van der Waals surface area contributed by atoms with Crippen LogP contribution in [0.3, 0.4) is 0 Å². The lowest BCUT2D eigenvalue weighted by Gasteiger charge is -2.35. The normalized spacial score (nSPS) is 18.7. The van der Waals surface area contributed by atoms with Crippen molar-refractivity contribution in [3.8, 4) is 0 Å². The monoisotopic (exact) mass is 260 g/mol. The Balaban J connectivity index is 2.10. The van der Waals surface area contributed by atoms with Crippen LogP contribution in [0.15, 0.2) is 24.3 Å². The average Bonchev–Trinajstić information content (AvgIpc) is 2.42. The van der Waals surface area contributed by atoms with Gasteiger partial charge in [0.15, 0.2) is 0 Å². The van der Waals surface area contributed by atoms with Crippen LogP contribution in [-0.4, -0.2) is 31.1 Å². The van der Waals surface area contributed by atoms with Gasteiger partial charge < -0.3 is 5.32 Å². The van der Waals surface area contributed by atoms with Gasteiger partial charge in [0.1, 0.15) is 0 Å². The molecule has 19 heavy (non-hydrogen) atoms. The van der Waals surface area contributed by atoms with Crippen molar-refractivity contribution in [2.45, 2.75) is 39.7 Å². The first-order valence-corrected chi connectivity index (χ1v) is 7.68. The maximum Gasteiger partial charge on any atom is 0.0349 e. The molecule has 1 N–H and O–H groups in total. The molecular weight excluding hydrogens is 232 g/mol. The van der Waals surface area contributed by atoms with Crippen molar-refractivity contribution in [2.24, 2.45) is 5.92 Å². The van der Waals surface area contributed by atoms with Crippen LogP contribution < -0.4 is 5.32 Å². The number of aryl methyl sites for hydroxylation is 1. The molecule has 1 fully saturated rings. The van der Waals surface area contributed by atoms with E-state index in [1.165, 1.54) is 37.1 Å². The van der Waals surface area contributed by atoms with Crippen molar-refractivity contribution < 1.29 is 0 Å². The molecule has 0 saturated carbocycles. The first-order valence-electron chi connectivity index (χ1n) is 7.68. The SMILES string of the molecule is Cc1ccc([C@H](CCC(C)C)N2CCNCC2)cc1. The summed E-state index contributed by atoms with van der Waals surface area (Å²) in [6, 6.07) is 9.75. The number of hydrogen-bond acceptors (Lipinski definition) is 2. The van der Waals surface area contributed by atoms with E-state index in [1.54, 1.807) is 0 Å². The molecule has 1 aliphatic heterocycles. The predicted molar refractivity (Wildman–Crippen MR) is 82.4 cm³/mol. The summed E-state index contributed by atoms with van der Waals surface area (Å²) in [4.78, 5) is 2.66. The van der Waals surface area contributed by atoms with Crippen molar-refractivity contribution in [2.75, 3.05) is 26.2 Å². The van der Waals surface area contributed by atoms with Crippen molar-refractivity contribution in [3.63, 3.8) is 0 Å². The Kier molecular flexibility index (Phi) is 5.41. The quantitative estimate of drug-likeness (QED) is 0.873. The third-order valence-electron chi connectivity index (χ3n) is 4.07. The Hall–Kier alpha value is -0.860. The first kappa shape index (κ1) is 14.5. The van der Waals surface area contributed by atoms with E-state index in [-0.39, 0.29) is 0 Å². The van der Waals surface area contributed by atoms with Gasteiger partial charge >= 0.3 is 0 Å². The number of rotatable bonds is 5. The third-order valence-corrected chi connectivity index (χ3v) is 4.07. The second kappa shape index (κ2) is 7.06. The van der Waals surface area contributed by atoms with Gasteiger partial charge in [0.2, 0.25) is 0 Å². The lowest BCUT2D eigenvalue weighted by molar-refractivity contribution is 0.160. The van der Waals surface area contributed by atoms with Gasteiger partial charge in [-0.15, -0.1) is 0 Å². The second-order valence-corrected chi connectivity index (χ2v) is 6.18. The Labute approximate surface area is 118 Å². The minimum atomic E-state index is 0.602. The first-order chi connectivity index (χ1) is 9.16. The Morgan fingerprint density at radius 2 is 1.68 bits per heavy atom. The van der Waals surface area contributed by atoms with Crippen LogP contribution in [0.25, 0.3) is 0 Å². The topological polar surface area (TPSA) is 15.3 Å². The maximum absolute atomic E-state index is 3.45. The largest absolute Gasteiger partial charge is 0.314 e. The highest BCUT2D eigenvalue weighted by Crippen LogP contribution is 2.27. The number of piperazine rings is 1. The standard InChI is InChI=1S/C17H28N2/c1-14(2)4-9-17(19-12-10-18-11-13-19)16-7-5-15(3)6-8-16/h5-8,14,17-18H,4,9-13H2,1-3H3/t17-/m0/s1. The fourth-order valence-corrected chi connectivity index (χ4v) is 2.83. The van der Waals surface area contributed by atoms with Crippen molar-refractivity contribution >= 4 is 0 Å². The molecule has 0 unspecified atom stereocenters. The Morgan fingerprint density at radius 3 is 2.26 bits per heavy atom. The van der Waals surface area contributed by atoms with Gasteiger partial charge in [-0.1, -0.05) is 43.7 Å². The van der Waals surface area contributed by atoms with Gasteiger partial charge in [-0.05, 0) is 31.2 Å². The van der Waals surface area contributed by atoms with Crippen molar-refractivity contribution in [1.82, 2.24) is 10.2 Å². The third kappa shape index (κ3) is 4.32. The summed E-state index contributed by atoms with van der Waals surface area (Å²) in [5.41, 5.74) is 2.85. The highest BCUT2D eigenvalue weighted by molar-refractivity contribution is 5.24. The van der Waals surface area contributed by atoms with E-state index in [9.17, 15) is 0 Å². The lowest BCUT2D eigenvalue weighted by Crippen LogP contribution is -2.45. The highest BCUT2D eigenvalue weighted by atomic mass is 15.2. The zero-order valence-electron chi connectivity index (χ0n) is 12.7. The molecule has 2 nitrogen and oxygen atoms in total. The van der Waals surface area contributed by atoms with Crippen LogP contribution in [0.1, 0.15) is 43.9 Å². The van der Waals surface area contributed by atoms with Gasteiger partial charge in [0.25, 0.3) is 0 Å².